The Balaban J connectivity index is 4.21. The van der Waals surface area contributed by atoms with Gasteiger partial charge in [-0.15, -0.1) is 0 Å². The molecule has 0 aromatic carbocycles. The van der Waals surface area contributed by atoms with Crippen molar-refractivity contribution in [3.63, 3.8) is 0 Å². The summed E-state index contributed by atoms with van der Waals surface area (Å²) >= 11 is 0. The topological polar surface area (TPSA) is 175 Å². The van der Waals surface area contributed by atoms with Gasteiger partial charge in [-0.25, -0.2) is 4.57 Å². The maximum absolute atomic E-state index is 12.3. The van der Waals surface area contributed by atoms with Crippen LogP contribution in [-0.4, -0.2) is 101 Å². The second-order valence-electron chi connectivity index (χ2n) is 10.4. The Kier molecular flexibility index (Phi) is 25.0. The van der Waals surface area contributed by atoms with Crippen LogP contribution < -0.4 is 0 Å². The molecule has 0 aliphatic carbocycles. The van der Waals surface area contributed by atoms with Crippen molar-refractivity contribution < 1.29 is 54.9 Å². The molecule has 2 unspecified atom stereocenters. The van der Waals surface area contributed by atoms with Gasteiger partial charge in [0.05, 0.1) is 27.8 Å². The summed E-state index contributed by atoms with van der Waals surface area (Å²) in [6.07, 6.45) is 12.0. The number of hydrogen-bond donors (Lipinski definition) is 6. The fraction of sp³-hybridized carbons (Fsp3) is 1.00. The van der Waals surface area contributed by atoms with E-state index in [9.17, 15) is 29.9 Å². The van der Waals surface area contributed by atoms with Crippen LogP contribution in [0, 0.1) is 0 Å². The molecule has 0 saturated carbocycles. The molecule has 0 aromatic rings. The third kappa shape index (κ3) is 21.5. The van der Waals surface area contributed by atoms with E-state index in [4.69, 9.17) is 20.5 Å². The number of aliphatic hydroxyl groups excluding tert-OH is 5. The minimum absolute atomic E-state index is 0.136. The minimum Gasteiger partial charge on any atom is -0.394 e. The van der Waals surface area contributed by atoms with Crippen molar-refractivity contribution in [3.05, 3.63) is 0 Å². The Morgan fingerprint density at radius 1 is 0.775 bits per heavy atom. The van der Waals surface area contributed by atoms with Crippen LogP contribution in [0.2, 0.25) is 0 Å². The van der Waals surface area contributed by atoms with Crippen molar-refractivity contribution in [2.24, 2.45) is 0 Å². The summed E-state index contributed by atoms with van der Waals surface area (Å²) in [5, 5.41) is 47.9. The van der Waals surface area contributed by atoms with E-state index in [1.54, 1.807) is 0 Å². The van der Waals surface area contributed by atoms with Gasteiger partial charge in [-0.3, -0.25) is 9.05 Å². The van der Waals surface area contributed by atoms with Crippen molar-refractivity contribution in [2.75, 3.05) is 40.1 Å². The number of hydrogen-bond acceptors (Lipinski definition) is 10. The Morgan fingerprint density at radius 3 is 1.68 bits per heavy atom. The predicted molar refractivity (Wildman–Crippen MR) is 154 cm³/mol. The summed E-state index contributed by atoms with van der Waals surface area (Å²) in [5.74, 6) is 0. The molecule has 0 saturated heterocycles. The van der Waals surface area contributed by atoms with Gasteiger partial charge in [-0.2, -0.15) is 0 Å². The Bertz CT molecular complexity index is 632. The fourth-order valence-corrected chi connectivity index (χ4v) is 5.29. The van der Waals surface area contributed by atoms with Crippen molar-refractivity contribution in [1.82, 2.24) is 0 Å². The zero-order valence-corrected chi connectivity index (χ0v) is 25.7. The molecule has 11 nitrogen and oxygen atoms in total. The van der Waals surface area contributed by atoms with E-state index < -0.39 is 58.1 Å². The molecule has 12 heteroatoms. The van der Waals surface area contributed by atoms with Crippen LogP contribution in [0.25, 0.3) is 0 Å². The fourth-order valence-electron chi connectivity index (χ4n) is 4.32. The van der Waals surface area contributed by atoms with Gasteiger partial charge in [0.25, 0.3) is 0 Å². The number of methoxy groups -OCH3 is 1. The molecule has 0 fully saturated rings. The summed E-state index contributed by atoms with van der Waals surface area (Å²) in [6.45, 7) is -1.20. The lowest BCUT2D eigenvalue weighted by molar-refractivity contribution is -0.136. The van der Waals surface area contributed by atoms with E-state index >= 15 is 0 Å². The molecular formula is C28H59O11P. The molecular weight excluding hydrogens is 543 g/mol. The second-order valence-corrected chi connectivity index (χ2v) is 11.8. The minimum atomic E-state index is -4.93. The first kappa shape index (κ1) is 37.9. The van der Waals surface area contributed by atoms with Crippen molar-refractivity contribution in [2.45, 2.75) is 140 Å². The van der Waals surface area contributed by atoms with E-state index in [1.807, 2.05) is 0 Å². The van der Waals surface area contributed by atoms with Crippen LogP contribution in [0.1, 0.15) is 111 Å². The first-order valence-electron chi connectivity index (χ1n) is 15.7. The maximum Gasteiger partial charge on any atom is 0.472 e. The predicted octanol–water partition coefficient (Wildman–Crippen LogP) is 3.85. The van der Waals surface area contributed by atoms with Gasteiger partial charge in [0, 0.05) is 13.7 Å². The lowest BCUT2D eigenvalue weighted by Gasteiger charge is -2.32. The molecule has 0 rings (SSSR count). The van der Waals surface area contributed by atoms with E-state index in [1.165, 1.54) is 90.6 Å². The number of phosphoric acid groups is 1. The Labute approximate surface area is 243 Å². The maximum atomic E-state index is 12.3. The van der Waals surface area contributed by atoms with Crippen LogP contribution in [0.15, 0.2) is 0 Å². The number of unbranched alkanes of at least 4 members (excludes halogenated alkanes) is 15. The monoisotopic (exact) mass is 603 g/mol. The van der Waals surface area contributed by atoms with Gasteiger partial charge in [0.2, 0.25) is 0 Å². The molecule has 0 aliphatic rings. The molecule has 40 heavy (non-hydrogen) atoms. The Morgan fingerprint density at radius 2 is 1.25 bits per heavy atom. The van der Waals surface area contributed by atoms with E-state index in [2.05, 4.69) is 11.4 Å². The zero-order valence-electron chi connectivity index (χ0n) is 25.8. The van der Waals surface area contributed by atoms with E-state index in [-0.39, 0.29) is 6.61 Å². The lowest BCUT2D eigenvalue weighted by Crippen LogP contribution is -2.49. The SMILES string of the molecule is [2H]C(O)[C@@H](O)COP(=O)(O)O[C@@H]([C@H](O)[C@H](O)CO)[C@@H](COCCCCCCCCCCCCCCCCCC)OC. The standard InChI is InChI=1S/C28H59O11P/c1-3-4-5-6-7-8-9-10-11-12-13-14-15-16-17-18-19-37-23-26(36-2)28(27(33)25(32)21-30)39-40(34,35)38-22-24(31)20-29/h24-33H,3-23H2,1-2H3,(H,34,35)/t24-,25-,26-,27-,28-/m1/s1/i20D/t20?,24-,25-,26-,27-,28-. The molecule has 242 valence electrons. The molecule has 0 bridgehead atoms. The highest BCUT2D eigenvalue weighted by atomic mass is 31.2. The number of aliphatic hydroxyl groups is 5. The Hall–Kier alpha value is -0.170. The third-order valence-electron chi connectivity index (χ3n) is 6.85. The van der Waals surface area contributed by atoms with Gasteiger partial charge in [-0.1, -0.05) is 103 Å². The van der Waals surface area contributed by atoms with Gasteiger partial charge in [0.1, 0.15) is 30.5 Å². The lowest BCUT2D eigenvalue weighted by atomic mass is 10.0. The summed E-state index contributed by atoms with van der Waals surface area (Å²) < 4.78 is 39.8. The largest absolute Gasteiger partial charge is 0.472 e. The molecule has 0 aromatic heterocycles. The van der Waals surface area contributed by atoms with Gasteiger partial charge in [-0.05, 0) is 6.42 Å². The highest BCUT2D eigenvalue weighted by molar-refractivity contribution is 7.47. The normalized spacial score (nSPS) is 18.4. The van der Waals surface area contributed by atoms with Crippen LogP contribution >= 0.6 is 7.82 Å². The van der Waals surface area contributed by atoms with Crippen LogP contribution in [0.5, 0.6) is 0 Å². The van der Waals surface area contributed by atoms with Crippen molar-refractivity contribution >= 4 is 7.82 Å². The van der Waals surface area contributed by atoms with Gasteiger partial charge in [0.15, 0.2) is 0 Å². The summed E-state index contributed by atoms with van der Waals surface area (Å²) in [7, 11) is -3.67. The van der Waals surface area contributed by atoms with E-state index in [0.717, 1.165) is 19.3 Å². The summed E-state index contributed by atoms with van der Waals surface area (Å²) in [5.41, 5.74) is 0. The average molecular weight is 604 g/mol. The molecule has 0 amide bonds. The molecule has 7 atom stereocenters. The van der Waals surface area contributed by atoms with E-state index in [0.29, 0.717) is 6.61 Å². The zero-order chi connectivity index (χ0) is 30.9. The van der Waals surface area contributed by atoms with Crippen LogP contribution in [-0.2, 0) is 23.1 Å². The third-order valence-corrected chi connectivity index (χ3v) is 7.83. The molecule has 0 heterocycles. The molecule has 0 spiro atoms. The van der Waals surface area contributed by atoms with Crippen LogP contribution in [0.3, 0.4) is 0 Å². The van der Waals surface area contributed by atoms with Gasteiger partial charge < -0.3 is 39.9 Å². The number of rotatable bonds is 30. The number of phosphoric ester groups is 1. The smallest absolute Gasteiger partial charge is 0.394 e. The summed E-state index contributed by atoms with van der Waals surface area (Å²) in [6, 6.07) is 0. The molecule has 0 aliphatic heterocycles. The number of ether oxygens (including phenoxy) is 2. The van der Waals surface area contributed by atoms with Crippen molar-refractivity contribution in [3.8, 4) is 0 Å². The van der Waals surface area contributed by atoms with Gasteiger partial charge >= 0.3 is 7.82 Å². The molecule has 0 radical (unpaired) electrons. The van der Waals surface area contributed by atoms with Crippen molar-refractivity contribution in [1.29, 1.82) is 0 Å². The molecule has 6 N–H and O–H groups in total. The second kappa shape index (κ2) is 26.5. The quantitative estimate of drug-likeness (QED) is 0.0520. The average Bonchev–Trinajstić information content (AvgIpc) is 2.95. The first-order chi connectivity index (χ1) is 19.6. The van der Waals surface area contributed by atoms with Crippen LogP contribution in [0.4, 0.5) is 0 Å². The summed E-state index contributed by atoms with van der Waals surface area (Å²) in [4.78, 5) is 10.00. The highest BCUT2D eigenvalue weighted by Crippen LogP contribution is 2.46. The first-order valence-corrected chi connectivity index (χ1v) is 16.6. The highest BCUT2D eigenvalue weighted by Gasteiger charge is 2.40.